The minimum atomic E-state index is -4.55. The molecule has 3 aromatic rings. The molecule has 0 fully saturated rings. The minimum Gasteiger partial charge on any atom is -0.394 e. The van der Waals surface area contributed by atoms with E-state index in [2.05, 4.69) is 20.5 Å². The predicted octanol–water partition coefficient (Wildman–Crippen LogP) is 4.93. The molecule has 13 heteroatoms. The van der Waals surface area contributed by atoms with Crippen molar-refractivity contribution >= 4 is 15.7 Å². The molecular formula is C30H36F3N5O4S. The molecule has 3 atom stereocenters. The van der Waals surface area contributed by atoms with E-state index in [0.29, 0.717) is 22.8 Å². The first kappa shape index (κ1) is 32.2. The number of aromatic amines is 1. The van der Waals surface area contributed by atoms with E-state index >= 15 is 0 Å². The Bertz CT molecular complexity index is 1620. The van der Waals surface area contributed by atoms with Gasteiger partial charge in [0.1, 0.15) is 11.5 Å². The van der Waals surface area contributed by atoms with E-state index in [1.54, 1.807) is 17.6 Å². The van der Waals surface area contributed by atoms with Gasteiger partial charge in [-0.05, 0) is 36.3 Å². The summed E-state index contributed by atoms with van der Waals surface area (Å²) in [6.45, 7) is 8.13. The number of H-pyrrole nitrogens is 1. The highest BCUT2D eigenvalue weighted by Crippen LogP contribution is 2.45. The molecule has 3 N–H and O–H groups in total. The number of carbonyl (C=O) groups is 1. The molecule has 9 nitrogen and oxygen atoms in total. The molecule has 0 bridgehead atoms. The summed E-state index contributed by atoms with van der Waals surface area (Å²) in [5.41, 5.74) is 0.714. The zero-order chi connectivity index (χ0) is 31.7. The summed E-state index contributed by atoms with van der Waals surface area (Å²) >= 11 is 0. The molecule has 0 saturated carbocycles. The number of hydrogen-bond acceptors (Lipinski definition) is 6. The number of imidazole rings is 1. The van der Waals surface area contributed by atoms with Crippen LogP contribution < -0.4 is 5.32 Å². The van der Waals surface area contributed by atoms with Crippen LogP contribution in [0, 0.1) is 12.8 Å². The van der Waals surface area contributed by atoms with Crippen LogP contribution in [0.5, 0.6) is 0 Å². The van der Waals surface area contributed by atoms with Gasteiger partial charge in [-0.15, -0.1) is 0 Å². The van der Waals surface area contributed by atoms with Crippen molar-refractivity contribution in [3.63, 3.8) is 0 Å². The van der Waals surface area contributed by atoms with Gasteiger partial charge < -0.3 is 15.0 Å². The number of aliphatic hydroxyl groups excluding tert-OH is 1. The second-order valence-corrected chi connectivity index (χ2v) is 13.8. The topological polar surface area (TPSA) is 130 Å². The van der Waals surface area contributed by atoms with Crippen LogP contribution in [0.25, 0.3) is 0 Å². The van der Waals surface area contributed by atoms with Gasteiger partial charge in [0, 0.05) is 35.5 Å². The van der Waals surface area contributed by atoms with Crippen molar-refractivity contribution in [2.24, 2.45) is 5.92 Å². The van der Waals surface area contributed by atoms with Crippen molar-refractivity contribution in [1.29, 1.82) is 0 Å². The molecule has 1 aliphatic rings. The maximum Gasteiger partial charge on any atom is 0.396 e. The fraction of sp³-hybridized carbons (Fsp3) is 0.433. The number of nitrogens with one attached hydrogen (secondary N) is 2. The third-order valence-corrected chi connectivity index (χ3v) is 9.33. The Labute approximate surface area is 248 Å². The molecule has 43 heavy (non-hydrogen) atoms. The standard InChI is InChI=1S/C30H36F3N5O4S/c1-6-43(41,42)21-12-10-19(11-13-21)24(17-39)35-27(40)26-18(2)38(28(36-26)29(3,4)5)16-20-8-7-9-22(23-14-15-34-37-23)25(20)30(31,32)33/h7-15,22,24-25,39H,6,16-17H2,1-5H3,(H,34,37)(H,35,40)/t22?,24-,25?/m1/s1. The monoisotopic (exact) mass is 619 g/mol. The van der Waals surface area contributed by atoms with Crippen molar-refractivity contribution in [2.75, 3.05) is 12.4 Å². The number of aliphatic hydroxyl groups is 1. The quantitative estimate of drug-likeness (QED) is 0.312. The van der Waals surface area contributed by atoms with Gasteiger partial charge in [-0.25, -0.2) is 13.4 Å². The van der Waals surface area contributed by atoms with E-state index in [4.69, 9.17) is 0 Å². The van der Waals surface area contributed by atoms with E-state index in [-0.39, 0.29) is 28.5 Å². The maximum atomic E-state index is 14.5. The lowest BCUT2D eigenvalue weighted by atomic mass is 9.79. The second-order valence-electron chi connectivity index (χ2n) is 11.6. The Kier molecular flexibility index (Phi) is 9.08. The Hall–Kier alpha value is -3.71. The van der Waals surface area contributed by atoms with Crippen molar-refractivity contribution in [1.82, 2.24) is 25.1 Å². The van der Waals surface area contributed by atoms with E-state index in [0.717, 1.165) is 0 Å². The third kappa shape index (κ3) is 6.77. The third-order valence-electron chi connectivity index (χ3n) is 7.58. The van der Waals surface area contributed by atoms with E-state index < -0.39 is 51.8 Å². The van der Waals surface area contributed by atoms with Crippen LogP contribution in [0.4, 0.5) is 13.2 Å². The lowest BCUT2D eigenvalue weighted by Gasteiger charge is -2.32. The van der Waals surface area contributed by atoms with Gasteiger partial charge in [-0.2, -0.15) is 18.3 Å². The molecule has 2 unspecified atom stereocenters. The van der Waals surface area contributed by atoms with Crippen LogP contribution in [-0.4, -0.2) is 57.7 Å². The number of benzene rings is 1. The number of carbonyl (C=O) groups excluding carboxylic acids is 1. The molecule has 0 aliphatic heterocycles. The number of aromatic nitrogens is 4. The molecule has 0 spiro atoms. The first-order valence-corrected chi connectivity index (χ1v) is 15.5. The molecule has 232 valence electrons. The largest absolute Gasteiger partial charge is 0.396 e. The van der Waals surface area contributed by atoms with Gasteiger partial charge in [0.25, 0.3) is 5.91 Å². The lowest BCUT2D eigenvalue weighted by molar-refractivity contribution is -0.168. The zero-order valence-corrected chi connectivity index (χ0v) is 25.4. The number of rotatable bonds is 9. The van der Waals surface area contributed by atoms with E-state index in [9.17, 15) is 31.5 Å². The molecule has 4 rings (SSSR count). The van der Waals surface area contributed by atoms with E-state index in [1.165, 1.54) is 55.6 Å². The van der Waals surface area contributed by atoms with Crippen LogP contribution >= 0.6 is 0 Å². The average Bonchev–Trinajstić information content (AvgIpc) is 3.60. The first-order valence-electron chi connectivity index (χ1n) is 13.8. The summed E-state index contributed by atoms with van der Waals surface area (Å²) in [7, 11) is -3.42. The fourth-order valence-electron chi connectivity index (χ4n) is 5.28. The van der Waals surface area contributed by atoms with Crippen molar-refractivity contribution in [2.45, 2.75) is 69.6 Å². The van der Waals surface area contributed by atoms with Crippen LogP contribution in [0.15, 0.2) is 65.2 Å². The smallest absolute Gasteiger partial charge is 0.394 e. The van der Waals surface area contributed by atoms with Crippen molar-refractivity contribution in [3.05, 3.63) is 88.8 Å². The Morgan fingerprint density at radius 1 is 1.16 bits per heavy atom. The SMILES string of the molecule is CCS(=O)(=O)c1ccc([C@@H](CO)NC(=O)c2nc(C(C)(C)C)n(CC3=CC=CC(c4ccn[nH]4)C3C(F)(F)F)c2C)cc1. The minimum absolute atomic E-state index is 0.0224. The number of nitrogens with zero attached hydrogens (tertiary/aromatic N) is 3. The molecule has 0 radical (unpaired) electrons. The number of sulfone groups is 1. The zero-order valence-electron chi connectivity index (χ0n) is 24.6. The molecule has 2 aromatic heterocycles. The normalized spacial score (nSPS) is 18.4. The van der Waals surface area contributed by atoms with Crippen LogP contribution in [0.2, 0.25) is 0 Å². The van der Waals surface area contributed by atoms with Crippen LogP contribution in [0.1, 0.15) is 72.9 Å². The Morgan fingerprint density at radius 3 is 2.37 bits per heavy atom. The number of hydrogen-bond donors (Lipinski definition) is 3. The van der Waals surface area contributed by atoms with Gasteiger partial charge in [-0.1, -0.05) is 58.1 Å². The van der Waals surface area contributed by atoms with E-state index in [1.807, 2.05) is 20.8 Å². The molecule has 2 heterocycles. The summed E-state index contributed by atoms with van der Waals surface area (Å²) < 4.78 is 69.5. The highest BCUT2D eigenvalue weighted by molar-refractivity contribution is 7.91. The Morgan fingerprint density at radius 2 is 1.84 bits per heavy atom. The summed E-state index contributed by atoms with van der Waals surface area (Å²) in [6, 6.07) is 6.53. The highest BCUT2D eigenvalue weighted by Gasteiger charge is 2.48. The Balaban J connectivity index is 1.66. The lowest BCUT2D eigenvalue weighted by Crippen LogP contribution is -2.34. The van der Waals surface area contributed by atoms with Gasteiger partial charge >= 0.3 is 6.18 Å². The molecule has 0 saturated heterocycles. The number of alkyl halides is 3. The molecule has 1 amide bonds. The van der Waals surface area contributed by atoms with Gasteiger partial charge in [0.15, 0.2) is 9.84 Å². The second kappa shape index (κ2) is 12.1. The number of amides is 1. The van der Waals surface area contributed by atoms with Crippen LogP contribution in [-0.2, 0) is 21.8 Å². The van der Waals surface area contributed by atoms with Gasteiger partial charge in [0.2, 0.25) is 0 Å². The maximum absolute atomic E-state index is 14.5. The van der Waals surface area contributed by atoms with Crippen molar-refractivity contribution < 1.29 is 31.5 Å². The summed E-state index contributed by atoms with van der Waals surface area (Å²) in [5.74, 6) is -3.06. The molecule has 1 aromatic carbocycles. The predicted molar refractivity (Wildman–Crippen MR) is 155 cm³/mol. The van der Waals surface area contributed by atoms with Gasteiger partial charge in [0.05, 0.1) is 29.2 Å². The summed E-state index contributed by atoms with van der Waals surface area (Å²) in [4.78, 5) is 18.2. The number of allylic oxidation sites excluding steroid dienone is 4. The summed E-state index contributed by atoms with van der Waals surface area (Å²) in [6.07, 6.45) is 1.42. The number of halogens is 3. The fourth-order valence-corrected chi connectivity index (χ4v) is 6.16. The first-order chi connectivity index (χ1) is 20.1. The van der Waals surface area contributed by atoms with Crippen molar-refractivity contribution in [3.8, 4) is 0 Å². The highest BCUT2D eigenvalue weighted by atomic mass is 32.2. The average molecular weight is 620 g/mol. The van der Waals surface area contributed by atoms with Gasteiger partial charge in [-0.3, -0.25) is 9.89 Å². The molecule has 1 aliphatic carbocycles. The summed E-state index contributed by atoms with van der Waals surface area (Å²) in [5, 5.41) is 19.3. The van der Waals surface area contributed by atoms with Crippen LogP contribution in [0.3, 0.4) is 0 Å². The molecular weight excluding hydrogens is 583 g/mol.